The predicted octanol–water partition coefficient (Wildman–Crippen LogP) is 4.26. The molecule has 1 nitrogen and oxygen atoms in total. The second-order valence-electron chi connectivity index (χ2n) is 4.30. The molecule has 0 unspecified atom stereocenters. The zero-order valence-corrected chi connectivity index (χ0v) is 10.5. The van der Waals surface area contributed by atoms with E-state index in [9.17, 15) is 9.18 Å². The fraction of sp³-hybridized carbons (Fsp3) is 0.188. The van der Waals surface area contributed by atoms with Crippen molar-refractivity contribution >= 4 is 5.78 Å². The first-order valence-electron chi connectivity index (χ1n) is 6.01. The van der Waals surface area contributed by atoms with Crippen molar-refractivity contribution in [2.24, 2.45) is 0 Å². The summed E-state index contributed by atoms with van der Waals surface area (Å²) in [5.41, 5.74) is 3.31. The molecule has 0 heterocycles. The molecule has 0 aromatic heterocycles. The van der Waals surface area contributed by atoms with E-state index in [2.05, 4.69) is 6.92 Å². The van der Waals surface area contributed by atoms with Crippen molar-refractivity contribution in [2.45, 2.75) is 20.3 Å². The summed E-state index contributed by atoms with van der Waals surface area (Å²) in [6.07, 6.45) is 0.961. The van der Waals surface area contributed by atoms with Gasteiger partial charge in [0.25, 0.3) is 0 Å². The van der Waals surface area contributed by atoms with Gasteiger partial charge < -0.3 is 0 Å². The second-order valence-corrected chi connectivity index (χ2v) is 4.30. The molecule has 18 heavy (non-hydrogen) atoms. The summed E-state index contributed by atoms with van der Waals surface area (Å²) in [5, 5.41) is 0. The SMILES string of the molecule is CCc1ccc(-c2cc(F)ccc2C(C)=O)cc1. The quantitative estimate of drug-likeness (QED) is 0.735. The van der Waals surface area contributed by atoms with Crippen molar-refractivity contribution in [2.75, 3.05) is 0 Å². The summed E-state index contributed by atoms with van der Waals surface area (Å²) < 4.78 is 13.3. The normalized spacial score (nSPS) is 10.4. The van der Waals surface area contributed by atoms with E-state index < -0.39 is 0 Å². The molecular formula is C16H15FO. The Morgan fingerprint density at radius 3 is 2.33 bits per heavy atom. The third-order valence-corrected chi connectivity index (χ3v) is 3.03. The van der Waals surface area contributed by atoms with E-state index in [-0.39, 0.29) is 11.6 Å². The maximum Gasteiger partial charge on any atom is 0.160 e. The van der Waals surface area contributed by atoms with Gasteiger partial charge in [-0.25, -0.2) is 4.39 Å². The van der Waals surface area contributed by atoms with Crippen LogP contribution in [0.1, 0.15) is 29.8 Å². The summed E-state index contributed by atoms with van der Waals surface area (Å²) >= 11 is 0. The van der Waals surface area contributed by atoms with Crippen LogP contribution in [0.25, 0.3) is 11.1 Å². The van der Waals surface area contributed by atoms with Gasteiger partial charge in [0, 0.05) is 5.56 Å². The maximum atomic E-state index is 13.3. The predicted molar refractivity (Wildman–Crippen MR) is 71.2 cm³/mol. The Morgan fingerprint density at radius 1 is 1.11 bits per heavy atom. The van der Waals surface area contributed by atoms with Gasteiger partial charge in [-0.2, -0.15) is 0 Å². The molecule has 2 rings (SSSR count). The van der Waals surface area contributed by atoms with Gasteiger partial charge in [-0.1, -0.05) is 31.2 Å². The zero-order chi connectivity index (χ0) is 13.1. The Morgan fingerprint density at radius 2 is 1.78 bits per heavy atom. The number of benzene rings is 2. The molecule has 0 radical (unpaired) electrons. The van der Waals surface area contributed by atoms with Crippen molar-refractivity contribution in [3.63, 3.8) is 0 Å². The Balaban J connectivity index is 2.54. The van der Waals surface area contributed by atoms with Crippen LogP contribution in [0.2, 0.25) is 0 Å². The molecule has 0 bridgehead atoms. The molecule has 0 amide bonds. The van der Waals surface area contributed by atoms with E-state index in [1.54, 1.807) is 6.07 Å². The molecule has 2 heteroatoms. The third-order valence-electron chi connectivity index (χ3n) is 3.03. The maximum absolute atomic E-state index is 13.3. The largest absolute Gasteiger partial charge is 0.294 e. The number of hydrogen-bond donors (Lipinski definition) is 0. The highest BCUT2D eigenvalue weighted by atomic mass is 19.1. The van der Waals surface area contributed by atoms with Crippen LogP contribution in [0.4, 0.5) is 4.39 Å². The molecule has 2 aromatic carbocycles. The highest BCUT2D eigenvalue weighted by Crippen LogP contribution is 2.25. The minimum Gasteiger partial charge on any atom is -0.294 e. The van der Waals surface area contributed by atoms with Crippen molar-refractivity contribution < 1.29 is 9.18 Å². The average molecular weight is 242 g/mol. The van der Waals surface area contributed by atoms with Crippen LogP contribution in [0.5, 0.6) is 0 Å². The first-order valence-corrected chi connectivity index (χ1v) is 6.01. The Labute approximate surface area is 106 Å². The van der Waals surface area contributed by atoms with Crippen molar-refractivity contribution in [1.82, 2.24) is 0 Å². The number of aryl methyl sites for hydroxylation is 1. The lowest BCUT2D eigenvalue weighted by atomic mass is 9.96. The lowest BCUT2D eigenvalue weighted by molar-refractivity contribution is 0.101. The third kappa shape index (κ3) is 2.48. The van der Waals surface area contributed by atoms with Crippen LogP contribution >= 0.6 is 0 Å². The zero-order valence-electron chi connectivity index (χ0n) is 10.5. The van der Waals surface area contributed by atoms with Crippen LogP contribution in [-0.2, 0) is 6.42 Å². The van der Waals surface area contributed by atoms with Crippen LogP contribution in [-0.4, -0.2) is 5.78 Å². The number of hydrogen-bond acceptors (Lipinski definition) is 1. The van der Waals surface area contributed by atoms with Gasteiger partial charge >= 0.3 is 0 Å². The average Bonchev–Trinajstić information content (AvgIpc) is 2.38. The number of halogens is 1. The van der Waals surface area contributed by atoms with E-state index >= 15 is 0 Å². The Kier molecular flexibility index (Phi) is 3.56. The summed E-state index contributed by atoms with van der Waals surface area (Å²) in [7, 11) is 0. The van der Waals surface area contributed by atoms with Gasteiger partial charge in [0.15, 0.2) is 5.78 Å². The minimum atomic E-state index is -0.324. The number of Topliss-reactive ketones (excluding diaryl/α,β-unsaturated/α-hetero) is 1. The molecule has 0 spiro atoms. The molecule has 0 saturated heterocycles. The Bertz CT molecular complexity index is 570. The van der Waals surface area contributed by atoms with Crippen LogP contribution < -0.4 is 0 Å². The minimum absolute atomic E-state index is 0.0513. The molecule has 92 valence electrons. The number of ketones is 1. The summed E-state index contributed by atoms with van der Waals surface area (Å²) in [5.74, 6) is -0.376. The van der Waals surface area contributed by atoms with Gasteiger partial charge in [-0.15, -0.1) is 0 Å². The first kappa shape index (κ1) is 12.5. The van der Waals surface area contributed by atoms with Crippen LogP contribution in [0.15, 0.2) is 42.5 Å². The molecule has 0 saturated carbocycles. The summed E-state index contributed by atoms with van der Waals surface area (Å²) in [6, 6.07) is 12.1. The lowest BCUT2D eigenvalue weighted by Gasteiger charge is -2.08. The second kappa shape index (κ2) is 5.13. The van der Waals surface area contributed by atoms with Crippen LogP contribution in [0, 0.1) is 5.82 Å². The Hall–Kier alpha value is -1.96. The van der Waals surface area contributed by atoms with E-state index in [1.807, 2.05) is 24.3 Å². The van der Waals surface area contributed by atoms with E-state index in [4.69, 9.17) is 0 Å². The van der Waals surface area contributed by atoms with Gasteiger partial charge in [0.2, 0.25) is 0 Å². The monoisotopic (exact) mass is 242 g/mol. The van der Waals surface area contributed by atoms with E-state index in [1.165, 1.54) is 24.6 Å². The number of carbonyl (C=O) groups excluding carboxylic acids is 1. The molecular weight excluding hydrogens is 227 g/mol. The van der Waals surface area contributed by atoms with Gasteiger partial charge in [0.05, 0.1) is 0 Å². The molecule has 0 fully saturated rings. The number of carbonyl (C=O) groups is 1. The van der Waals surface area contributed by atoms with Crippen molar-refractivity contribution in [3.05, 3.63) is 59.4 Å². The van der Waals surface area contributed by atoms with Gasteiger partial charge in [-0.05, 0) is 48.2 Å². The highest BCUT2D eigenvalue weighted by Gasteiger charge is 2.10. The molecule has 2 aromatic rings. The molecule has 0 N–H and O–H groups in total. The first-order chi connectivity index (χ1) is 8.61. The van der Waals surface area contributed by atoms with E-state index in [0.717, 1.165) is 12.0 Å². The standard InChI is InChI=1S/C16H15FO/c1-3-12-4-6-13(7-5-12)16-10-14(17)8-9-15(16)11(2)18/h4-10H,3H2,1-2H3. The molecule has 0 atom stereocenters. The van der Waals surface area contributed by atoms with E-state index in [0.29, 0.717) is 11.1 Å². The van der Waals surface area contributed by atoms with Crippen molar-refractivity contribution in [3.8, 4) is 11.1 Å². The number of rotatable bonds is 3. The molecule has 0 aliphatic heterocycles. The van der Waals surface area contributed by atoms with Gasteiger partial charge in [-0.3, -0.25) is 4.79 Å². The van der Waals surface area contributed by atoms with Crippen molar-refractivity contribution in [1.29, 1.82) is 0 Å². The molecule has 0 aliphatic carbocycles. The van der Waals surface area contributed by atoms with Crippen LogP contribution in [0.3, 0.4) is 0 Å². The highest BCUT2D eigenvalue weighted by molar-refractivity contribution is 6.00. The summed E-state index contributed by atoms with van der Waals surface area (Å²) in [4.78, 5) is 11.6. The lowest BCUT2D eigenvalue weighted by Crippen LogP contribution is -1.97. The fourth-order valence-electron chi connectivity index (χ4n) is 1.98. The smallest absolute Gasteiger partial charge is 0.160 e. The summed E-state index contributed by atoms with van der Waals surface area (Å²) in [6.45, 7) is 3.58. The fourth-order valence-corrected chi connectivity index (χ4v) is 1.98. The molecule has 0 aliphatic rings. The van der Waals surface area contributed by atoms with Gasteiger partial charge in [0.1, 0.15) is 5.82 Å². The topological polar surface area (TPSA) is 17.1 Å².